The fourth-order valence-corrected chi connectivity index (χ4v) is 3.79. The Morgan fingerprint density at radius 1 is 1.00 bits per heavy atom. The zero-order valence-corrected chi connectivity index (χ0v) is 15.1. The molecule has 0 N–H and O–H groups in total. The second kappa shape index (κ2) is 8.44. The van der Waals surface area contributed by atoms with E-state index in [0.717, 1.165) is 4.21 Å². The molecular weight excluding hydrogens is 304 g/mol. The molecule has 21 heavy (non-hydrogen) atoms. The lowest BCUT2D eigenvalue weighted by Gasteiger charge is -2.21. The normalized spacial score (nSPS) is 10.5. The molecule has 0 atom stereocenters. The van der Waals surface area contributed by atoms with E-state index in [-0.39, 0.29) is 11.8 Å². The summed E-state index contributed by atoms with van der Waals surface area (Å²) in [6.07, 6.45) is 1.96. The number of thioether (sulfide) groups is 1. The highest BCUT2D eigenvalue weighted by atomic mass is 32.2. The Morgan fingerprint density at radius 2 is 1.48 bits per heavy atom. The van der Waals surface area contributed by atoms with Gasteiger partial charge >= 0.3 is 0 Å². The van der Waals surface area contributed by atoms with E-state index in [1.807, 2.05) is 40.0 Å². The second-order valence-electron chi connectivity index (χ2n) is 4.47. The summed E-state index contributed by atoms with van der Waals surface area (Å²) in [5, 5.41) is 0. The standard InChI is InChI=1S/C15H24N2O2S2/c1-6-16(7-2)14(18)11-10-12(20-5)21-13(11)15(19)17(8-3)9-4/h10H,6-9H2,1-5H3. The molecule has 0 unspecified atom stereocenters. The average Bonchev–Trinajstić information content (AvgIpc) is 2.93. The van der Waals surface area contributed by atoms with E-state index in [1.54, 1.807) is 21.6 Å². The van der Waals surface area contributed by atoms with Crippen molar-refractivity contribution in [3.05, 3.63) is 16.5 Å². The lowest BCUT2D eigenvalue weighted by Crippen LogP contribution is -2.34. The van der Waals surface area contributed by atoms with Crippen LogP contribution in [0.4, 0.5) is 0 Å². The predicted molar refractivity (Wildman–Crippen MR) is 90.6 cm³/mol. The number of nitrogens with zero attached hydrogens (tertiary/aromatic N) is 2. The maximum atomic E-state index is 12.6. The first-order valence-electron chi connectivity index (χ1n) is 7.30. The van der Waals surface area contributed by atoms with Crippen LogP contribution in [0.3, 0.4) is 0 Å². The topological polar surface area (TPSA) is 40.6 Å². The first-order chi connectivity index (χ1) is 10.0. The third-order valence-electron chi connectivity index (χ3n) is 3.44. The number of carbonyl (C=O) groups is 2. The van der Waals surface area contributed by atoms with Crippen LogP contribution < -0.4 is 0 Å². The first-order valence-corrected chi connectivity index (χ1v) is 9.34. The number of amides is 2. The Morgan fingerprint density at radius 3 is 1.90 bits per heavy atom. The summed E-state index contributed by atoms with van der Waals surface area (Å²) in [6, 6.07) is 1.85. The molecule has 2 amide bonds. The van der Waals surface area contributed by atoms with Gasteiger partial charge in [-0.15, -0.1) is 23.1 Å². The Balaban J connectivity index is 3.23. The van der Waals surface area contributed by atoms with Crippen molar-refractivity contribution < 1.29 is 9.59 Å². The van der Waals surface area contributed by atoms with Crippen molar-refractivity contribution in [2.24, 2.45) is 0 Å². The SMILES string of the molecule is CCN(CC)C(=O)c1cc(SC)sc1C(=O)N(CC)CC. The van der Waals surface area contributed by atoms with E-state index in [1.165, 1.54) is 11.3 Å². The average molecular weight is 329 g/mol. The van der Waals surface area contributed by atoms with E-state index < -0.39 is 0 Å². The van der Waals surface area contributed by atoms with Crippen molar-refractivity contribution in [3.63, 3.8) is 0 Å². The molecule has 0 aliphatic rings. The molecule has 0 aliphatic carbocycles. The lowest BCUT2D eigenvalue weighted by atomic mass is 10.2. The molecule has 1 heterocycles. The molecule has 0 aromatic carbocycles. The summed E-state index contributed by atoms with van der Waals surface area (Å²) in [6.45, 7) is 10.4. The lowest BCUT2D eigenvalue weighted by molar-refractivity contribution is 0.0738. The third-order valence-corrected chi connectivity index (χ3v) is 5.62. The summed E-state index contributed by atoms with van der Waals surface area (Å²) in [7, 11) is 0. The molecule has 1 aromatic rings. The molecule has 4 nitrogen and oxygen atoms in total. The quantitative estimate of drug-likeness (QED) is 0.720. The summed E-state index contributed by atoms with van der Waals surface area (Å²) in [5.41, 5.74) is 0.546. The van der Waals surface area contributed by atoms with Crippen LogP contribution in [0.5, 0.6) is 0 Å². The Hall–Kier alpha value is -1.01. The summed E-state index contributed by atoms with van der Waals surface area (Å²) in [4.78, 5) is 29.3. The minimum atomic E-state index is -0.0490. The van der Waals surface area contributed by atoms with Gasteiger partial charge in [0, 0.05) is 26.2 Å². The van der Waals surface area contributed by atoms with E-state index in [4.69, 9.17) is 0 Å². The van der Waals surface area contributed by atoms with Crippen LogP contribution in [0.2, 0.25) is 0 Å². The van der Waals surface area contributed by atoms with Gasteiger partial charge in [0.25, 0.3) is 11.8 Å². The predicted octanol–water partition coefficient (Wildman–Crippen LogP) is 3.43. The molecule has 0 spiro atoms. The molecule has 0 fully saturated rings. The number of carbonyl (C=O) groups excluding carboxylic acids is 2. The van der Waals surface area contributed by atoms with Gasteiger partial charge in [-0.25, -0.2) is 0 Å². The van der Waals surface area contributed by atoms with Crippen molar-refractivity contribution in [2.75, 3.05) is 32.4 Å². The van der Waals surface area contributed by atoms with Crippen molar-refractivity contribution in [1.29, 1.82) is 0 Å². The van der Waals surface area contributed by atoms with Crippen molar-refractivity contribution in [1.82, 2.24) is 9.80 Å². The molecule has 0 saturated heterocycles. The Bertz CT molecular complexity index is 450. The maximum Gasteiger partial charge on any atom is 0.264 e. The molecule has 0 aliphatic heterocycles. The van der Waals surface area contributed by atoms with Crippen LogP contribution >= 0.6 is 23.1 Å². The molecule has 6 heteroatoms. The van der Waals surface area contributed by atoms with Gasteiger partial charge in [0.2, 0.25) is 0 Å². The van der Waals surface area contributed by atoms with E-state index >= 15 is 0 Å². The molecule has 118 valence electrons. The van der Waals surface area contributed by atoms with Crippen LogP contribution in [0, 0.1) is 0 Å². The van der Waals surface area contributed by atoms with Crippen molar-refractivity contribution in [3.8, 4) is 0 Å². The maximum absolute atomic E-state index is 12.6. The van der Waals surface area contributed by atoms with Gasteiger partial charge in [-0.05, 0) is 40.0 Å². The summed E-state index contributed by atoms with van der Waals surface area (Å²) >= 11 is 2.99. The smallest absolute Gasteiger partial charge is 0.264 e. The zero-order chi connectivity index (χ0) is 16.0. The molecule has 0 saturated carbocycles. The molecule has 0 radical (unpaired) electrons. The van der Waals surface area contributed by atoms with Gasteiger partial charge in [0.15, 0.2) is 0 Å². The minimum absolute atomic E-state index is 0.0409. The summed E-state index contributed by atoms with van der Waals surface area (Å²) < 4.78 is 1.00. The van der Waals surface area contributed by atoms with Crippen molar-refractivity contribution >= 4 is 34.9 Å². The molecule has 0 bridgehead atoms. The van der Waals surface area contributed by atoms with Gasteiger partial charge in [-0.1, -0.05) is 0 Å². The molecule has 1 aromatic heterocycles. The van der Waals surface area contributed by atoms with Crippen LogP contribution in [0.15, 0.2) is 10.3 Å². The zero-order valence-electron chi connectivity index (χ0n) is 13.4. The second-order valence-corrected chi connectivity index (χ2v) is 6.63. The highest BCUT2D eigenvalue weighted by Crippen LogP contribution is 2.31. The van der Waals surface area contributed by atoms with E-state index in [2.05, 4.69) is 0 Å². The largest absolute Gasteiger partial charge is 0.339 e. The van der Waals surface area contributed by atoms with E-state index in [0.29, 0.717) is 36.6 Å². The van der Waals surface area contributed by atoms with Gasteiger partial charge < -0.3 is 9.80 Å². The van der Waals surface area contributed by atoms with Gasteiger partial charge in [-0.2, -0.15) is 0 Å². The fraction of sp³-hybridized carbons (Fsp3) is 0.600. The number of hydrogen-bond donors (Lipinski definition) is 0. The Labute approximate surface area is 135 Å². The summed E-state index contributed by atoms with van der Waals surface area (Å²) in [5.74, 6) is -0.0899. The Kier molecular flexibility index (Phi) is 7.25. The van der Waals surface area contributed by atoms with Crippen molar-refractivity contribution in [2.45, 2.75) is 31.9 Å². The number of hydrogen-bond acceptors (Lipinski definition) is 4. The monoisotopic (exact) mass is 328 g/mol. The number of thiophene rings is 1. The van der Waals surface area contributed by atoms with Crippen LogP contribution in [0.1, 0.15) is 47.7 Å². The van der Waals surface area contributed by atoms with Gasteiger partial charge in [-0.3, -0.25) is 9.59 Å². The number of rotatable bonds is 7. The fourth-order valence-electron chi connectivity index (χ4n) is 2.12. The molecule has 1 rings (SSSR count). The minimum Gasteiger partial charge on any atom is -0.339 e. The van der Waals surface area contributed by atoms with Crippen LogP contribution in [0.25, 0.3) is 0 Å². The first kappa shape index (κ1) is 18.0. The van der Waals surface area contributed by atoms with E-state index in [9.17, 15) is 9.59 Å². The third kappa shape index (κ3) is 4.01. The van der Waals surface area contributed by atoms with Crippen LogP contribution in [-0.4, -0.2) is 54.0 Å². The van der Waals surface area contributed by atoms with Crippen LogP contribution in [-0.2, 0) is 0 Å². The highest BCUT2D eigenvalue weighted by molar-refractivity contribution is 8.00. The molecular formula is C15H24N2O2S2. The van der Waals surface area contributed by atoms with Gasteiger partial charge in [0.05, 0.1) is 9.77 Å². The van der Waals surface area contributed by atoms with Gasteiger partial charge in [0.1, 0.15) is 4.88 Å². The highest BCUT2D eigenvalue weighted by Gasteiger charge is 2.26.